The van der Waals surface area contributed by atoms with Crippen LogP contribution in [0.25, 0.3) is 0 Å². The number of rotatable bonds is 7. The first-order chi connectivity index (χ1) is 16.0. The summed E-state index contributed by atoms with van der Waals surface area (Å²) in [5.41, 5.74) is -0.577. The van der Waals surface area contributed by atoms with Crippen LogP contribution in [0.1, 0.15) is 27.4 Å². The summed E-state index contributed by atoms with van der Waals surface area (Å²) in [6.45, 7) is -1.62. The van der Waals surface area contributed by atoms with Crippen molar-refractivity contribution in [2.45, 2.75) is 27.7 Å². The molecule has 0 radical (unpaired) electrons. The second-order valence-electron chi connectivity index (χ2n) is 8.07. The maximum Gasteiger partial charge on any atom is 0.405 e. The van der Waals surface area contributed by atoms with E-state index in [2.05, 4.69) is 15.9 Å². The van der Waals surface area contributed by atoms with Crippen LogP contribution in [-0.4, -0.2) is 28.7 Å². The molecule has 1 aliphatic rings. The molecule has 1 fully saturated rings. The van der Waals surface area contributed by atoms with Crippen molar-refractivity contribution in [3.63, 3.8) is 0 Å². The van der Waals surface area contributed by atoms with E-state index >= 15 is 0 Å². The Morgan fingerprint density at radius 3 is 2.19 bits per heavy atom. The van der Waals surface area contributed by atoms with Gasteiger partial charge in [-0.15, -0.1) is 23.2 Å². The highest BCUT2D eigenvalue weighted by molar-refractivity contribution is 9.10. The molecule has 2 unspecified atom stereocenters. The molecule has 16 heteroatoms. The highest BCUT2D eigenvalue weighted by Crippen LogP contribution is 3.02. The molecule has 1 aliphatic carbocycles. The maximum atomic E-state index is 13.3. The van der Waals surface area contributed by atoms with Gasteiger partial charge in [0.05, 0.1) is 16.5 Å². The van der Waals surface area contributed by atoms with Crippen LogP contribution in [0.3, 0.4) is 0 Å². The molecule has 200 valence electrons. The molecule has 3 rings (SSSR count). The van der Waals surface area contributed by atoms with Crippen molar-refractivity contribution in [1.82, 2.24) is 5.32 Å². The van der Waals surface area contributed by atoms with E-state index in [1.165, 1.54) is 12.1 Å². The smallest absolute Gasteiger partial charge is 0.343 e. The average molecular weight is 670 g/mol. The topological polar surface area (TPSA) is 46.2 Å². The van der Waals surface area contributed by atoms with Gasteiger partial charge < -0.3 is 5.32 Å². The monoisotopic (exact) mass is 667 g/mol. The third-order valence-electron chi connectivity index (χ3n) is 5.20. The summed E-state index contributed by atoms with van der Waals surface area (Å²) in [4.78, 5) is 22.7. The van der Waals surface area contributed by atoms with Crippen LogP contribution >= 0.6 is 61.0 Å². The summed E-state index contributed by atoms with van der Waals surface area (Å²) in [7, 11) is -10.1. The fraction of sp³-hybridized carbons (Fsp3) is 0.300. The molecule has 3 nitrogen and oxygen atoms in total. The minimum Gasteiger partial charge on any atom is -0.343 e. The van der Waals surface area contributed by atoms with Crippen LogP contribution in [0.15, 0.2) is 45.8 Å². The van der Waals surface area contributed by atoms with Gasteiger partial charge in [-0.2, -0.15) is 13.2 Å². The summed E-state index contributed by atoms with van der Waals surface area (Å²) in [5.74, 6) is -4.41. The molecule has 0 spiro atoms. The Balaban J connectivity index is 1.84. The summed E-state index contributed by atoms with van der Waals surface area (Å²) in [6.07, 6.45) is -5.15. The van der Waals surface area contributed by atoms with E-state index in [9.17, 15) is 42.2 Å². The zero-order chi connectivity index (χ0) is 27.5. The van der Waals surface area contributed by atoms with Gasteiger partial charge in [0.2, 0.25) is 0 Å². The van der Waals surface area contributed by atoms with Gasteiger partial charge >= 0.3 is 16.4 Å². The van der Waals surface area contributed by atoms with E-state index in [1.54, 1.807) is 5.32 Å². The number of ketones is 1. The highest BCUT2D eigenvalue weighted by Gasteiger charge is 2.69. The number of nitrogens with one attached hydrogen (secondary N) is 1. The third kappa shape index (κ3) is 6.77. The average Bonchev–Trinajstić information content (AvgIpc) is 3.27. The number of benzene rings is 2. The molecule has 1 N–H and O–H groups in total. The van der Waals surface area contributed by atoms with Gasteiger partial charge in [0.15, 0.2) is 0 Å². The number of hydrogen-bond acceptors (Lipinski definition) is 2. The molecule has 0 bridgehead atoms. The predicted octanol–water partition coefficient (Wildman–Crippen LogP) is 8.75. The molecule has 2 aromatic carbocycles. The number of hydrogen-bond donors (Lipinski definition) is 1. The molecular weight excluding hydrogens is 657 g/mol. The van der Waals surface area contributed by atoms with Gasteiger partial charge in [0, 0.05) is 16.8 Å². The van der Waals surface area contributed by atoms with Crippen molar-refractivity contribution in [3.8, 4) is 0 Å². The van der Waals surface area contributed by atoms with Crippen molar-refractivity contribution >= 4 is 72.6 Å². The van der Waals surface area contributed by atoms with Gasteiger partial charge in [-0.25, -0.2) is 0 Å². The molecule has 0 aliphatic heterocycles. The number of amides is 1. The van der Waals surface area contributed by atoms with Crippen LogP contribution < -0.4 is 5.32 Å². The van der Waals surface area contributed by atoms with Crippen LogP contribution in [0.2, 0.25) is 5.02 Å². The van der Waals surface area contributed by atoms with Crippen molar-refractivity contribution in [1.29, 1.82) is 0 Å². The largest absolute Gasteiger partial charge is 0.405 e. The van der Waals surface area contributed by atoms with E-state index in [0.717, 1.165) is 12.1 Å². The minimum atomic E-state index is -10.1. The first-order valence-electron chi connectivity index (χ1n) is 9.58. The summed E-state index contributed by atoms with van der Waals surface area (Å²) < 4.78 is 101. The molecular formula is C20H13BrCl3F8NO2S. The summed E-state index contributed by atoms with van der Waals surface area (Å²) >= 11 is 20.9. The molecule has 0 aromatic heterocycles. The van der Waals surface area contributed by atoms with Crippen LogP contribution in [0, 0.1) is 5.92 Å². The SMILES string of the molecule is O=C(NCC(F)(F)F)c1cc(CC(=O)C2C(c3cc(Br)cc(S(F)(F)(F)(F)F)c3)C2(Cl)Cl)ccc1Cl. The Morgan fingerprint density at radius 1 is 1.03 bits per heavy atom. The zero-order valence-electron chi connectivity index (χ0n) is 17.3. The van der Waals surface area contributed by atoms with Crippen molar-refractivity contribution in [3.05, 3.63) is 62.6 Å². The molecule has 2 aromatic rings. The number of alkyl halides is 5. The normalized spacial score (nSPS) is 21.3. The Kier molecular flexibility index (Phi) is 7.01. The molecule has 36 heavy (non-hydrogen) atoms. The zero-order valence-corrected chi connectivity index (χ0v) is 22.0. The van der Waals surface area contributed by atoms with Gasteiger partial charge in [0.25, 0.3) is 5.91 Å². The Bertz CT molecular complexity index is 1260. The lowest BCUT2D eigenvalue weighted by Gasteiger charge is -2.40. The van der Waals surface area contributed by atoms with Gasteiger partial charge in [-0.1, -0.05) is 53.0 Å². The first kappa shape index (κ1) is 29.3. The number of carbonyl (C=O) groups excluding carboxylic acids is 2. The second-order valence-corrected chi connectivity index (χ2v) is 13.3. The van der Waals surface area contributed by atoms with Gasteiger partial charge in [0.1, 0.15) is 21.6 Å². The molecule has 0 saturated heterocycles. The molecule has 1 saturated carbocycles. The molecule has 2 atom stereocenters. The summed E-state index contributed by atoms with van der Waals surface area (Å²) in [5, 5.41) is 1.44. The predicted molar refractivity (Wildman–Crippen MR) is 125 cm³/mol. The van der Waals surface area contributed by atoms with E-state index in [0.29, 0.717) is 0 Å². The van der Waals surface area contributed by atoms with Gasteiger partial charge in [-0.3, -0.25) is 9.59 Å². The first-order valence-corrected chi connectivity index (χ1v) is 13.5. The second kappa shape index (κ2) is 8.62. The number of Topliss-reactive ketones (excluding diaryl/α,β-unsaturated/α-hetero) is 1. The summed E-state index contributed by atoms with van der Waals surface area (Å²) in [6, 6.07) is 5.01. The maximum absolute atomic E-state index is 13.3. The fourth-order valence-corrected chi connectivity index (χ4v) is 6.02. The Morgan fingerprint density at radius 2 is 1.64 bits per heavy atom. The standard InChI is InChI=1S/C20H13BrCl3F8NO2S/c21-11-5-10(6-12(7-11)36(28,29,30,31)32)16-17(20(16,23)24)15(34)4-9-1-2-14(22)13(3-9)18(35)33-8-19(25,26)27/h1-3,5-7,16-17H,4,8H2,(H,33,35). The van der Waals surface area contributed by atoms with E-state index in [1.807, 2.05) is 0 Å². The number of carbonyl (C=O) groups is 2. The quantitative estimate of drug-likeness (QED) is 0.237. The van der Waals surface area contributed by atoms with Crippen LogP contribution in [0.5, 0.6) is 0 Å². The van der Waals surface area contributed by atoms with Crippen LogP contribution in [-0.2, 0) is 11.2 Å². The van der Waals surface area contributed by atoms with Gasteiger partial charge in [-0.05, 0) is 41.5 Å². The highest BCUT2D eigenvalue weighted by atomic mass is 79.9. The molecule has 1 amide bonds. The molecule has 0 heterocycles. The van der Waals surface area contributed by atoms with Crippen molar-refractivity contribution < 1.29 is 42.2 Å². The Labute approximate surface area is 222 Å². The van der Waals surface area contributed by atoms with E-state index in [4.69, 9.17) is 34.8 Å². The lowest BCUT2D eigenvalue weighted by Crippen LogP contribution is -2.33. The van der Waals surface area contributed by atoms with Crippen LogP contribution in [0.4, 0.5) is 32.6 Å². The van der Waals surface area contributed by atoms with E-state index < -0.39 is 62.1 Å². The Hall–Kier alpha value is -1.28. The number of halogens is 12. The third-order valence-corrected chi connectivity index (χ3v) is 8.06. The lowest BCUT2D eigenvalue weighted by atomic mass is 10.0. The van der Waals surface area contributed by atoms with Crippen molar-refractivity contribution in [2.24, 2.45) is 5.92 Å². The fourth-order valence-electron chi connectivity index (χ4n) is 3.57. The van der Waals surface area contributed by atoms with E-state index in [-0.39, 0.29) is 38.3 Å². The lowest BCUT2D eigenvalue weighted by molar-refractivity contribution is -0.123. The minimum absolute atomic E-state index is 0.123. The van der Waals surface area contributed by atoms with Crippen molar-refractivity contribution in [2.75, 3.05) is 6.54 Å².